The van der Waals surface area contributed by atoms with Crippen molar-refractivity contribution >= 4 is 22.5 Å². The molecule has 0 amide bonds. The van der Waals surface area contributed by atoms with E-state index >= 15 is 0 Å². The number of aliphatic hydroxyl groups is 2. The zero-order valence-electron chi connectivity index (χ0n) is 21.8. The quantitative estimate of drug-likeness (QED) is 0.574. The Labute approximate surface area is 193 Å². The summed E-state index contributed by atoms with van der Waals surface area (Å²) < 4.78 is 0. The zero-order chi connectivity index (χ0) is 24.4. The predicted molar refractivity (Wildman–Crippen MR) is 139 cm³/mol. The van der Waals surface area contributed by atoms with E-state index in [2.05, 4.69) is 93.4 Å². The van der Waals surface area contributed by atoms with Crippen molar-refractivity contribution in [3.8, 4) is 0 Å². The molecule has 0 bridgehead atoms. The Morgan fingerprint density at radius 2 is 0.625 bits per heavy atom. The third kappa shape index (κ3) is 3.11. The van der Waals surface area contributed by atoms with Crippen LogP contribution in [0, 0.1) is 55.4 Å². The van der Waals surface area contributed by atoms with Gasteiger partial charge in [0.1, 0.15) is 11.5 Å². The van der Waals surface area contributed by atoms with Gasteiger partial charge in [0, 0.05) is 39.6 Å². The number of allylic oxidation sites excluding steroid dienone is 2. The number of hydrogen-bond donors (Lipinski definition) is 2. The Morgan fingerprint density at radius 1 is 0.406 bits per heavy atom. The Balaban J connectivity index is 2.26. The van der Waals surface area contributed by atoms with E-state index in [-0.39, 0.29) is 11.5 Å². The molecular formula is C28H38N2O2. The maximum absolute atomic E-state index is 11.3. The lowest BCUT2D eigenvalue weighted by Crippen LogP contribution is -2.19. The van der Waals surface area contributed by atoms with Crippen LogP contribution < -0.4 is 9.80 Å². The third-order valence-electron chi connectivity index (χ3n) is 7.51. The highest BCUT2D eigenvalue weighted by molar-refractivity contribution is 6.09. The number of benzene rings is 2. The smallest absolute Gasteiger partial charge is 0.138 e. The molecule has 0 saturated heterocycles. The van der Waals surface area contributed by atoms with Crippen LogP contribution in [0.3, 0.4) is 0 Å². The molecule has 1 aliphatic rings. The fraction of sp³-hybridized carbons (Fsp3) is 0.429. The second-order valence-electron chi connectivity index (χ2n) is 9.68. The van der Waals surface area contributed by atoms with E-state index in [1.165, 1.54) is 33.6 Å². The first-order chi connectivity index (χ1) is 14.7. The molecule has 0 aliphatic heterocycles. The Kier molecular flexibility index (Phi) is 5.88. The molecule has 2 aromatic carbocycles. The fourth-order valence-corrected chi connectivity index (χ4v) is 5.56. The van der Waals surface area contributed by atoms with Crippen molar-refractivity contribution < 1.29 is 10.2 Å². The average molecular weight is 435 g/mol. The van der Waals surface area contributed by atoms with Gasteiger partial charge in [-0.1, -0.05) is 0 Å². The van der Waals surface area contributed by atoms with E-state index in [1.54, 1.807) is 0 Å². The van der Waals surface area contributed by atoms with Crippen LogP contribution in [0.25, 0.3) is 11.1 Å². The number of rotatable bonds is 4. The van der Waals surface area contributed by atoms with Crippen molar-refractivity contribution in [2.45, 2.75) is 55.4 Å². The SMILES string of the molecule is Cc1c(C)c(N(C)C)c(C)c(C)c1C1=C(O)C(c2c(C)c(C)c(N(C)C)c(C)c2C)=C1O. The van der Waals surface area contributed by atoms with E-state index in [9.17, 15) is 10.2 Å². The van der Waals surface area contributed by atoms with Gasteiger partial charge in [0.25, 0.3) is 0 Å². The molecule has 172 valence electrons. The largest absolute Gasteiger partial charge is 0.506 e. The van der Waals surface area contributed by atoms with Gasteiger partial charge in [0.2, 0.25) is 0 Å². The summed E-state index contributed by atoms with van der Waals surface area (Å²) in [7, 11) is 8.21. The Morgan fingerprint density at radius 3 is 0.812 bits per heavy atom. The van der Waals surface area contributed by atoms with Crippen molar-refractivity contribution in [1.82, 2.24) is 0 Å². The normalized spacial score (nSPS) is 13.6. The van der Waals surface area contributed by atoms with Crippen LogP contribution in [0.2, 0.25) is 0 Å². The molecule has 0 saturated carbocycles. The molecule has 0 heterocycles. The molecule has 0 unspecified atom stereocenters. The summed E-state index contributed by atoms with van der Waals surface area (Å²) in [5.74, 6) is 0.375. The minimum atomic E-state index is 0.188. The second kappa shape index (κ2) is 7.91. The molecule has 32 heavy (non-hydrogen) atoms. The lowest BCUT2D eigenvalue weighted by atomic mass is 9.76. The van der Waals surface area contributed by atoms with Gasteiger partial charge >= 0.3 is 0 Å². The summed E-state index contributed by atoms with van der Waals surface area (Å²) in [5.41, 5.74) is 14.5. The minimum absolute atomic E-state index is 0.188. The number of anilines is 2. The third-order valence-corrected chi connectivity index (χ3v) is 7.51. The van der Waals surface area contributed by atoms with Gasteiger partial charge in [-0.15, -0.1) is 0 Å². The first kappa shape index (κ1) is 23.8. The van der Waals surface area contributed by atoms with Crippen molar-refractivity contribution in [2.75, 3.05) is 38.0 Å². The summed E-state index contributed by atoms with van der Waals surface area (Å²) in [5, 5.41) is 22.6. The summed E-state index contributed by atoms with van der Waals surface area (Å²) in [4.78, 5) is 4.27. The Bertz CT molecular complexity index is 1050. The van der Waals surface area contributed by atoms with Gasteiger partial charge in [-0.3, -0.25) is 0 Å². The lowest BCUT2D eigenvalue weighted by molar-refractivity contribution is 0.389. The van der Waals surface area contributed by atoms with Crippen LogP contribution >= 0.6 is 0 Å². The number of aliphatic hydroxyl groups excluding tert-OH is 2. The summed E-state index contributed by atoms with van der Waals surface area (Å²) in [6.45, 7) is 16.7. The van der Waals surface area contributed by atoms with Gasteiger partial charge in [-0.05, 0) is 111 Å². The van der Waals surface area contributed by atoms with Crippen molar-refractivity contribution in [3.05, 3.63) is 67.2 Å². The van der Waals surface area contributed by atoms with E-state index in [0.717, 1.165) is 33.4 Å². The Hall–Kier alpha value is -2.88. The first-order valence-electron chi connectivity index (χ1n) is 11.2. The number of nitrogens with zero attached hydrogens (tertiary/aromatic N) is 2. The van der Waals surface area contributed by atoms with E-state index in [0.29, 0.717) is 11.1 Å². The monoisotopic (exact) mass is 434 g/mol. The van der Waals surface area contributed by atoms with Crippen LogP contribution in [-0.4, -0.2) is 38.4 Å². The van der Waals surface area contributed by atoms with Gasteiger partial charge in [0.05, 0.1) is 11.1 Å². The maximum Gasteiger partial charge on any atom is 0.138 e. The second-order valence-corrected chi connectivity index (χ2v) is 9.68. The highest BCUT2D eigenvalue weighted by Gasteiger charge is 2.36. The molecule has 0 radical (unpaired) electrons. The topological polar surface area (TPSA) is 46.9 Å². The van der Waals surface area contributed by atoms with Crippen molar-refractivity contribution in [3.63, 3.8) is 0 Å². The van der Waals surface area contributed by atoms with Crippen LogP contribution in [0.4, 0.5) is 11.4 Å². The molecule has 4 nitrogen and oxygen atoms in total. The standard InChI is InChI=1S/C28H38N2O2/c1-13-17(5)25(29(9)10)18(6)14(2)21(13)23-27(31)24(28(23)32)22-15(3)19(7)26(30(11)12)20(8)16(22)4/h31-32H,1-12H3. The van der Waals surface area contributed by atoms with E-state index < -0.39 is 0 Å². The van der Waals surface area contributed by atoms with Gasteiger partial charge in [0.15, 0.2) is 0 Å². The van der Waals surface area contributed by atoms with Crippen LogP contribution in [0.5, 0.6) is 0 Å². The molecule has 3 rings (SSSR count). The molecular weight excluding hydrogens is 396 g/mol. The van der Waals surface area contributed by atoms with E-state index in [1.807, 2.05) is 0 Å². The van der Waals surface area contributed by atoms with Gasteiger partial charge in [-0.25, -0.2) is 0 Å². The molecule has 0 aromatic heterocycles. The molecule has 0 atom stereocenters. The fourth-order valence-electron chi connectivity index (χ4n) is 5.56. The molecule has 0 fully saturated rings. The highest BCUT2D eigenvalue weighted by atomic mass is 16.3. The summed E-state index contributed by atoms with van der Waals surface area (Å²) in [6.07, 6.45) is 0. The zero-order valence-corrected chi connectivity index (χ0v) is 21.8. The molecule has 0 spiro atoms. The molecule has 2 aromatic rings. The number of hydrogen-bond acceptors (Lipinski definition) is 4. The summed E-state index contributed by atoms with van der Waals surface area (Å²) in [6, 6.07) is 0. The predicted octanol–water partition coefficient (Wildman–Crippen LogP) is 6.54. The van der Waals surface area contributed by atoms with Gasteiger partial charge < -0.3 is 20.0 Å². The van der Waals surface area contributed by atoms with Crippen molar-refractivity contribution in [1.29, 1.82) is 0 Å². The van der Waals surface area contributed by atoms with E-state index in [4.69, 9.17) is 0 Å². The average Bonchev–Trinajstić information content (AvgIpc) is 2.70. The summed E-state index contributed by atoms with van der Waals surface area (Å²) >= 11 is 0. The van der Waals surface area contributed by atoms with Crippen LogP contribution in [-0.2, 0) is 0 Å². The first-order valence-corrected chi connectivity index (χ1v) is 11.2. The molecule has 4 heteroatoms. The molecule has 1 aliphatic carbocycles. The highest BCUT2D eigenvalue weighted by Crippen LogP contribution is 2.50. The van der Waals surface area contributed by atoms with Crippen LogP contribution in [0.15, 0.2) is 11.5 Å². The maximum atomic E-state index is 11.3. The van der Waals surface area contributed by atoms with Crippen molar-refractivity contribution in [2.24, 2.45) is 0 Å². The lowest BCUT2D eigenvalue weighted by Gasteiger charge is -2.32. The van der Waals surface area contributed by atoms with Crippen LogP contribution in [0.1, 0.15) is 55.6 Å². The minimum Gasteiger partial charge on any atom is -0.506 e. The molecule has 2 N–H and O–H groups in total. The van der Waals surface area contributed by atoms with Gasteiger partial charge in [-0.2, -0.15) is 0 Å².